The summed E-state index contributed by atoms with van der Waals surface area (Å²) in [5.74, 6) is -0.150. The highest BCUT2D eigenvalue weighted by Crippen LogP contribution is 2.24. The monoisotopic (exact) mass is 235 g/mol. The van der Waals surface area contributed by atoms with E-state index in [0.717, 1.165) is 5.39 Å². The third-order valence-electron chi connectivity index (χ3n) is 2.57. The van der Waals surface area contributed by atoms with E-state index >= 15 is 0 Å². The predicted molar refractivity (Wildman–Crippen MR) is 67.7 cm³/mol. The molecule has 18 heavy (non-hydrogen) atoms. The van der Waals surface area contributed by atoms with E-state index in [2.05, 4.69) is 5.32 Å². The standard InChI is InChI=1S/C14H9N3O/c1-9(18)17-12-4-5-13-10(6-12)2-3-11(7-15)14(13)8-16/h2-6H,1H3,(H,17,18). The Hall–Kier alpha value is -2.85. The molecule has 0 atom stereocenters. The quantitative estimate of drug-likeness (QED) is 0.825. The van der Waals surface area contributed by atoms with Crippen LogP contribution in [-0.4, -0.2) is 5.91 Å². The fraction of sp³-hybridized carbons (Fsp3) is 0.0714. The zero-order valence-electron chi connectivity index (χ0n) is 9.69. The summed E-state index contributed by atoms with van der Waals surface area (Å²) >= 11 is 0. The highest BCUT2D eigenvalue weighted by molar-refractivity contribution is 5.95. The van der Waals surface area contributed by atoms with Gasteiger partial charge < -0.3 is 5.32 Å². The zero-order valence-corrected chi connectivity index (χ0v) is 9.69. The minimum absolute atomic E-state index is 0.150. The van der Waals surface area contributed by atoms with Crippen LogP contribution in [0, 0.1) is 22.7 Å². The van der Waals surface area contributed by atoms with Crippen LogP contribution in [0.3, 0.4) is 0 Å². The van der Waals surface area contributed by atoms with Crippen molar-refractivity contribution in [1.29, 1.82) is 10.5 Å². The molecule has 2 rings (SSSR count). The van der Waals surface area contributed by atoms with Gasteiger partial charge in [-0.05, 0) is 23.6 Å². The summed E-state index contributed by atoms with van der Waals surface area (Å²) in [6.07, 6.45) is 0. The molecule has 2 aromatic carbocycles. The van der Waals surface area contributed by atoms with Gasteiger partial charge in [-0.25, -0.2) is 0 Å². The summed E-state index contributed by atoms with van der Waals surface area (Å²) in [6, 6.07) is 12.6. The van der Waals surface area contributed by atoms with E-state index in [9.17, 15) is 4.79 Å². The summed E-state index contributed by atoms with van der Waals surface area (Å²) < 4.78 is 0. The Balaban J connectivity index is 2.65. The van der Waals surface area contributed by atoms with Gasteiger partial charge in [-0.3, -0.25) is 4.79 Å². The molecule has 0 spiro atoms. The van der Waals surface area contributed by atoms with Crippen molar-refractivity contribution in [2.24, 2.45) is 0 Å². The largest absolute Gasteiger partial charge is 0.326 e. The normalized spacial score (nSPS) is 9.50. The lowest BCUT2D eigenvalue weighted by atomic mass is 10.00. The number of anilines is 1. The smallest absolute Gasteiger partial charge is 0.221 e. The van der Waals surface area contributed by atoms with Gasteiger partial charge in [0.1, 0.15) is 12.1 Å². The van der Waals surface area contributed by atoms with Crippen LogP contribution in [0.1, 0.15) is 18.1 Å². The van der Waals surface area contributed by atoms with E-state index < -0.39 is 0 Å². The van der Waals surface area contributed by atoms with Crippen molar-refractivity contribution in [3.63, 3.8) is 0 Å². The summed E-state index contributed by atoms with van der Waals surface area (Å²) in [5.41, 5.74) is 1.39. The van der Waals surface area contributed by atoms with Crippen molar-refractivity contribution < 1.29 is 4.79 Å². The minimum Gasteiger partial charge on any atom is -0.326 e. The lowest BCUT2D eigenvalue weighted by Gasteiger charge is -2.06. The number of carbonyl (C=O) groups is 1. The van der Waals surface area contributed by atoms with Crippen molar-refractivity contribution in [2.75, 3.05) is 5.32 Å². The molecule has 0 bridgehead atoms. The van der Waals surface area contributed by atoms with Gasteiger partial charge in [-0.2, -0.15) is 10.5 Å². The van der Waals surface area contributed by atoms with Crippen LogP contribution in [-0.2, 0) is 4.79 Å². The first-order chi connectivity index (χ1) is 8.65. The second-order valence-corrected chi connectivity index (χ2v) is 3.83. The number of amides is 1. The molecule has 0 aromatic heterocycles. The zero-order chi connectivity index (χ0) is 13.1. The fourth-order valence-electron chi connectivity index (χ4n) is 1.82. The Morgan fingerprint density at radius 2 is 1.94 bits per heavy atom. The summed E-state index contributed by atoms with van der Waals surface area (Å²) in [5, 5.41) is 22.2. The van der Waals surface area contributed by atoms with Gasteiger partial charge in [0.15, 0.2) is 0 Å². The summed E-state index contributed by atoms with van der Waals surface area (Å²) in [4.78, 5) is 11.0. The van der Waals surface area contributed by atoms with Crippen molar-refractivity contribution in [3.05, 3.63) is 41.5 Å². The second kappa shape index (κ2) is 4.57. The van der Waals surface area contributed by atoms with E-state index in [0.29, 0.717) is 22.2 Å². The average Bonchev–Trinajstić information content (AvgIpc) is 2.36. The van der Waals surface area contributed by atoms with Crippen LogP contribution in [0.15, 0.2) is 30.3 Å². The van der Waals surface area contributed by atoms with E-state index in [-0.39, 0.29) is 5.91 Å². The van der Waals surface area contributed by atoms with Crippen LogP contribution in [0.5, 0.6) is 0 Å². The highest BCUT2D eigenvalue weighted by Gasteiger charge is 2.07. The Kier molecular flexibility index (Phi) is 2.95. The highest BCUT2D eigenvalue weighted by atomic mass is 16.1. The van der Waals surface area contributed by atoms with E-state index in [1.54, 1.807) is 30.3 Å². The van der Waals surface area contributed by atoms with Gasteiger partial charge in [0.25, 0.3) is 0 Å². The molecule has 0 aliphatic carbocycles. The summed E-state index contributed by atoms with van der Waals surface area (Å²) in [7, 11) is 0. The van der Waals surface area contributed by atoms with Gasteiger partial charge in [-0.15, -0.1) is 0 Å². The van der Waals surface area contributed by atoms with Crippen LogP contribution in [0.2, 0.25) is 0 Å². The molecule has 1 amide bonds. The molecule has 0 unspecified atom stereocenters. The molecule has 4 nitrogen and oxygen atoms in total. The molecule has 1 N–H and O–H groups in total. The molecule has 86 valence electrons. The van der Waals surface area contributed by atoms with Gasteiger partial charge >= 0.3 is 0 Å². The first-order valence-corrected chi connectivity index (χ1v) is 5.30. The SMILES string of the molecule is CC(=O)Nc1ccc2c(C#N)c(C#N)ccc2c1. The number of fused-ring (bicyclic) bond motifs is 1. The lowest BCUT2D eigenvalue weighted by Crippen LogP contribution is -2.05. The third-order valence-corrected chi connectivity index (χ3v) is 2.57. The Morgan fingerprint density at radius 3 is 2.56 bits per heavy atom. The van der Waals surface area contributed by atoms with E-state index in [1.807, 2.05) is 12.1 Å². The maximum absolute atomic E-state index is 11.0. The van der Waals surface area contributed by atoms with Crippen LogP contribution in [0.4, 0.5) is 5.69 Å². The van der Waals surface area contributed by atoms with Crippen LogP contribution in [0.25, 0.3) is 10.8 Å². The van der Waals surface area contributed by atoms with Crippen molar-refractivity contribution in [1.82, 2.24) is 0 Å². The fourth-order valence-corrected chi connectivity index (χ4v) is 1.82. The van der Waals surface area contributed by atoms with Gasteiger partial charge in [0.2, 0.25) is 5.91 Å². The third kappa shape index (κ3) is 2.00. The number of rotatable bonds is 1. The van der Waals surface area contributed by atoms with E-state index in [4.69, 9.17) is 10.5 Å². The predicted octanol–water partition coefficient (Wildman–Crippen LogP) is 2.54. The summed E-state index contributed by atoms with van der Waals surface area (Å²) in [6.45, 7) is 1.43. The Morgan fingerprint density at radius 1 is 1.17 bits per heavy atom. The first-order valence-electron chi connectivity index (χ1n) is 5.30. The van der Waals surface area contributed by atoms with Crippen molar-refractivity contribution in [3.8, 4) is 12.1 Å². The topological polar surface area (TPSA) is 76.7 Å². The molecule has 4 heteroatoms. The van der Waals surface area contributed by atoms with E-state index in [1.165, 1.54) is 6.92 Å². The maximum Gasteiger partial charge on any atom is 0.221 e. The molecule has 0 saturated carbocycles. The number of carbonyl (C=O) groups excluding carboxylic acids is 1. The van der Waals surface area contributed by atoms with Crippen molar-refractivity contribution >= 4 is 22.4 Å². The number of hydrogen-bond acceptors (Lipinski definition) is 3. The second-order valence-electron chi connectivity index (χ2n) is 3.83. The number of nitriles is 2. The Labute approximate surface area is 104 Å². The molecule has 0 fully saturated rings. The molecular weight excluding hydrogens is 226 g/mol. The van der Waals surface area contributed by atoms with Gasteiger partial charge in [0.05, 0.1) is 11.1 Å². The minimum atomic E-state index is -0.150. The molecule has 0 heterocycles. The molecular formula is C14H9N3O. The molecule has 2 aromatic rings. The number of nitrogens with one attached hydrogen (secondary N) is 1. The van der Waals surface area contributed by atoms with Gasteiger partial charge in [0, 0.05) is 18.0 Å². The average molecular weight is 235 g/mol. The Bertz CT molecular complexity index is 720. The molecule has 0 aliphatic heterocycles. The van der Waals surface area contributed by atoms with Crippen LogP contribution >= 0.6 is 0 Å². The number of nitrogens with zero attached hydrogens (tertiary/aromatic N) is 2. The molecule has 0 radical (unpaired) electrons. The van der Waals surface area contributed by atoms with Crippen LogP contribution < -0.4 is 5.32 Å². The molecule has 0 aliphatic rings. The molecule has 0 saturated heterocycles. The maximum atomic E-state index is 11.0. The number of benzene rings is 2. The number of hydrogen-bond donors (Lipinski definition) is 1. The van der Waals surface area contributed by atoms with Gasteiger partial charge in [-0.1, -0.05) is 12.1 Å². The van der Waals surface area contributed by atoms with Crippen molar-refractivity contribution in [2.45, 2.75) is 6.92 Å². The first kappa shape index (κ1) is 11.6. The lowest BCUT2D eigenvalue weighted by molar-refractivity contribution is -0.114.